The van der Waals surface area contributed by atoms with Crippen LogP contribution < -0.4 is 4.74 Å². The van der Waals surface area contributed by atoms with Gasteiger partial charge in [0.1, 0.15) is 12.4 Å². The maximum absolute atomic E-state index is 6.18. The van der Waals surface area contributed by atoms with Gasteiger partial charge in [-0.15, -0.1) is 0 Å². The van der Waals surface area contributed by atoms with E-state index in [1.165, 1.54) is 0 Å². The van der Waals surface area contributed by atoms with Crippen molar-refractivity contribution < 1.29 is 14.2 Å². The van der Waals surface area contributed by atoms with Crippen LogP contribution in [0, 0.1) is 0 Å². The predicted molar refractivity (Wildman–Crippen MR) is 90.0 cm³/mol. The van der Waals surface area contributed by atoms with Crippen LogP contribution in [0.25, 0.3) is 11.0 Å². The Labute approximate surface area is 137 Å². The highest BCUT2D eigenvalue weighted by Gasteiger charge is 2.08. The highest BCUT2D eigenvalue weighted by atomic mass is 35.5. The van der Waals surface area contributed by atoms with Crippen molar-refractivity contribution in [3.63, 3.8) is 0 Å². The number of nitrogens with zero attached hydrogens (tertiary/aromatic N) is 2. The number of hydrogen-bond donors (Lipinski definition) is 0. The molecule has 6 heteroatoms. The summed E-state index contributed by atoms with van der Waals surface area (Å²) in [4.78, 5) is 4.31. The first-order chi connectivity index (χ1) is 10.8. The highest BCUT2D eigenvalue weighted by Crippen LogP contribution is 2.29. The van der Waals surface area contributed by atoms with Crippen LogP contribution in [0.5, 0.6) is 5.75 Å². The predicted octanol–water partition coefficient (Wildman–Crippen LogP) is 3.78. The van der Waals surface area contributed by atoms with Crippen molar-refractivity contribution in [3.05, 3.63) is 23.5 Å². The van der Waals surface area contributed by atoms with E-state index in [9.17, 15) is 0 Å². The number of fused-ring (bicyclic) bond motifs is 1. The first-order valence-electron chi connectivity index (χ1n) is 7.60. The van der Waals surface area contributed by atoms with Crippen LogP contribution >= 0.6 is 11.6 Å². The van der Waals surface area contributed by atoms with E-state index in [1.54, 1.807) is 13.4 Å². The van der Waals surface area contributed by atoms with Crippen molar-refractivity contribution >= 4 is 22.6 Å². The summed E-state index contributed by atoms with van der Waals surface area (Å²) in [6, 6.07) is 3.74. The van der Waals surface area contributed by atoms with E-state index in [-0.39, 0.29) is 0 Å². The molecule has 22 heavy (non-hydrogen) atoms. The third-order valence-electron chi connectivity index (χ3n) is 2.93. The molecule has 0 N–H and O–H groups in total. The summed E-state index contributed by atoms with van der Waals surface area (Å²) in [5.74, 6) is 0.657. The number of methoxy groups -OCH3 is 1. The van der Waals surface area contributed by atoms with Gasteiger partial charge in [0.15, 0.2) is 0 Å². The maximum Gasteiger partial charge on any atom is 0.140 e. The Morgan fingerprint density at radius 1 is 1.14 bits per heavy atom. The van der Waals surface area contributed by atoms with Crippen LogP contribution in [0.2, 0.25) is 5.02 Å². The summed E-state index contributed by atoms with van der Waals surface area (Å²) < 4.78 is 17.9. The Balaban J connectivity index is 0.00000116. The molecule has 0 aliphatic carbocycles. The number of rotatable bonds is 8. The fourth-order valence-corrected chi connectivity index (χ4v) is 2.09. The molecular weight excluding hydrogens is 304 g/mol. The van der Waals surface area contributed by atoms with E-state index >= 15 is 0 Å². The van der Waals surface area contributed by atoms with Gasteiger partial charge in [-0.3, -0.25) is 0 Å². The van der Waals surface area contributed by atoms with Gasteiger partial charge in [0, 0.05) is 19.7 Å². The Morgan fingerprint density at radius 3 is 2.55 bits per heavy atom. The first-order valence-corrected chi connectivity index (χ1v) is 7.98. The monoisotopic (exact) mass is 328 g/mol. The van der Waals surface area contributed by atoms with Crippen LogP contribution in [0.3, 0.4) is 0 Å². The van der Waals surface area contributed by atoms with Crippen molar-refractivity contribution in [2.75, 3.05) is 33.5 Å². The zero-order valence-electron chi connectivity index (χ0n) is 13.8. The molecule has 0 bridgehead atoms. The van der Waals surface area contributed by atoms with Crippen LogP contribution in [0.4, 0.5) is 0 Å². The lowest BCUT2D eigenvalue weighted by Crippen LogP contribution is -2.10. The van der Waals surface area contributed by atoms with E-state index in [4.69, 9.17) is 25.8 Å². The summed E-state index contributed by atoms with van der Waals surface area (Å²) in [7, 11) is 1.64. The van der Waals surface area contributed by atoms with Crippen molar-refractivity contribution in [2.45, 2.75) is 27.3 Å². The molecule has 1 aromatic heterocycles. The molecule has 0 saturated heterocycles. The molecule has 0 atom stereocenters. The lowest BCUT2D eigenvalue weighted by atomic mass is 10.3. The van der Waals surface area contributed by atoms with E-state index in [0.717, 1.165) is 17.6 Å². The highest BCUT2D eigenvalue weighted by molar-refractivity contribution is 6.32. The van der Waals surface area contributed by atoms with Crippen LogP contribution in [-0.2, 0) is 16.0 Å². The summed E-state index contributed by atoms with van der Waals surface area (Å²) >= 11 is 6.18. The minimum atomic E-state index is 0.454. The molecule has 0 saturated carbocycles. The number of imidazole rings is 1. The smallest absolute Gasteiger partial charge is 0.140 e. The van der Waals surface area contributed by atoms with Crippen molar-refractivity contribution in [1.29, 1.82) is 0 Å². The Kier molecular flexibility index (Phi) is 8.89. The average molecular weight is 329 g/mol. The number of aryl methyl sites for hydroxylation is 1. The first kappa shape index (κ1) is 18.7. The number of benzene rings is 1. The zero-order valence-corrected chi connectivity index (χ0v) is 14.5. The SMILES string of the molecule is CC.CCn1cnc2cc(Cl)c(OCCOCCOC)cc21. The average Bonchev–Trinajstić information content (AvgIpc) is 2.94. The molecule has 2 rings (SSSR count). The van der Waals surface area contributed by atoms with E-state index in [1.807, 2.05) is 30.5 Å². The number of ether oxygens (including phenoxy) is 3. The van der Waals surface area contributed by atoms with Crippen molar-refractivity contribution in [2.24, 2.45) is 0 Å². The lowest BCUT2D eigenvalue weighted by Gasteiger charge is -2.09. The molecule has 1 aromatic carbocycles. The fraction of sp³-hybridized carbons (Fsp3) is 0.562. The molecule has 0 spiro atoms. The number of halogens is 1. The topological polar surface area (TPSA) is 45.5 Å². The molecule has 124 valence electrons. The zero-order chi connectivity index (χ0) is 16.4. The van der Waals surface area contributed by atoms with E-state index in [0.29, 0.717) is 37.2 Å². The van der Waals surface area contributed by atoms with Gasteiger partial charge in [-0.25, -0.2) is 4.98 Å². The number of hydrogen-bond acceptors (Lipinski definition) is 4. The van der Waals surface area contributed by atoms with Gasteiger partial charge in [-0.05, 0) is 13.0 Å². The Bertz CT molecular complexity index is 558. The van der Waals surface area contributed by atoms with Gasteiger partial charge in [0.25, 0.3) is 0 Å². The molecule has 5 nitrogen and oxygen atoms in total. The summed E-state index contributed by atoms with van der Waals surface area (Å²) in [6.45, 7) is 9.04. The van der Waals surface area contributed by atoms with Crippen molar-refractivity contribution in [1.82, 2.24) is 9.55 Å². The standard InChI is InChI=1S/C14H19ClN2O3.C2H6/c1-3-17-10-16-12-8-11(15)14(9-13(12)17)20-7-6-19-5-4-18-2;1-2/h8-10H,3-7H2,1-2H3;1-2H3. The molecule has 1 heterocycles. The van der Waals surface area contributed by atoms with Gasteiger partial charge >= 0.3 is 0 Å². The molecule has 0 fully saturated rings. The summed E-state index contributed by atoms with van der Waals surface area (Å²) in [5.41, 5.74) is 1.90. The van der Waals surface area contributed by atoms with Gasteiger partial charge in [-0.1, -0.05) is 25.4 Å². The van der Waals surface area contributed by atoms with E-state index in [2.05, 4.69) is 11.9 Å². The van der Waals surface area contributed by atoms with Gasteiger partial charge in [0.05, 0.1) is 42.2 Å². The second-order valence-electron chi connectivity index (χ2n) is 4.26. The van der Waals surface area contributed by atoms with Crippen LogP contribution in [0.15, 0.2) is 18.5 Å². The Hall–Kier alpha value is -1.30. The second-order valence-corrected chi connectivity index (χ2v) is 4.66. The molecule has 0 aliphatic rings. The third-order valence-corrected chi connectivity index (χ3v) is 3.23. The van der Waals surface area contributed by atoms with Gasteiger partial charge in [0.2, 0.25) is 0 Å². The molecule has 2 aromatic rings. The Morgan fingerprint density at radius 2 is 1.86 bits per heavy atom. The number of aromatic nitrogens is 2. The van der Waals surface area contributed by atoms with Crippen molar-refractivity contribution in [3.8, 4) is 5.75 Å². The van der Waals surface area contributed by atoms with E-state index < -0.39 is 0 Å². The molecule has 0 amide bonds. The molecular formula is C16H25ClN2O3. The minimum Gasteiger partial charge on any atom is -0.490 e. The van der Waals surface area contributed by atoms with Crippen LogP contribution in [0.1, 0.15) is 20.8 Å². The second kappa shape index (κ2) is 10.4. The quantitative estimate of drug-likeness (QED) is 0.692. The summed E-state index contributed by atoms with van der Waals surface area (Å²) in [6.07, 6.45) is 1.80. The lowest BCUT2D eigenvalue weighted by molar-refractivity contribution is 0.0544. The van der Waals surface area contributed by atoms with Gasteiger partial charge in [-0.2, -0.15) is 0 Å². The summed E-state index contributed by atoms with van der Waals surface area (Å²) in [5, 5.41) is 0.566. The third kappa shape index (κ3) is 5.16. The maximum atomic E-state index is 6.18. The minimum absolute atomic E-state index is 0.454. The fourth-order valence-electron chi connectivity index (χ4n) is 1.88. The van der Waals surface area contributed by atoms with Gasteiger partial charge < -0.3 is 18.8 Å². The molecule has 0 unspecified atom stereocenters. The normalized spacial score (nSPS) is 10.4. The van der Waals surface area contributed by atoms with Crippen LogP contribution in [-0.4, -0.2) is 43.1 Å². The largest absolute Gasteiger partial charge is 0.490 e. The molecule has 0 aliphatic heterocycles. The molecule has 0 radical (unpaired) electrons.